The van der Waals surface area contributed by atoms with Gasteiger partial charge in [-0.1, -0.05) is 43.5 Å². The monoisotopic (exact) mass is 259 g/mol. The summed E-state index contributed by atoms with van der Waals surface area (Å²) in [6.07, 6.45) is 7.53. The molecule has 104 valence electrons. The SMILES string of the molecule is CC(=O)CCNCc1ccc(C2CCCCC2)cc1. The molecule has 1 N–H and O–H groups in total. The lowest BCUT2D eigenvalue weighted by Gasteiger charge is -2.22. The van der Waals surface area contributed by atoms with Crippen molar-refractivity contribution in [2.24, 2.45) is 0 Å². The molecule has 1 aromatic carbocycles. The summed E-state index contributed by atoms with van der Waals surface area (Å²) < 4.78 is 0. The van der Waals surface area contributed by atoms with Crippen molar-refractivity contribution >= 4 is 5.78 Å². The first-order chi connectivity index (χ1) is 9.25. The molecular weight excluding hydrogens is 234 g/mol. The van der Waals surface area contributed by atoms with Gasteiger partial charge >= 0.3 is 0 Å². The first-order valence-corrected chi connectivity index (χ1v) is 7.54. The number of carbonyl (C=O) groups is 1. The smallest absolute Gasteiger partial charge is 0.131 e. The Kier molecular flexibility index (Phi) is 5.59. The highest BCUT2D eigenvalue weighted by atomic mass is 16.1. The van der Waals surface area contributed by atoms with Gasteiger partial charge in [-0.15, -0.1) is 0 Å². The average molecular weight is 259 g/mol. The number of rotatable bonds is 6. The summed E-state index contributed by atoms with van der Waals surface area (Å²) in [4.78, 5) is 10.8. The van der Waals surface area contributed by atoms with Crippen LogP contribution in [-0.4, -0.2) is 12.3 Å². The molecule has 2 rings (SSSR count). The highest BCUT2D eigenvalue weighted by Crippen LogP contribution is 2.32. The quantitative estimate of drug-likeness (QED) is 0.787. The van der Waals surface area contributed by atoms with Gasteiger partial charge in [0.2, 0.25) is 0 Å². The number of benzene rings is 1. The molecule has 0 saturated heterocycles. The van der Waals surface area contributed by atoms with Gasteiger partial charge in [-0.25, -0.2) is 0 Å². The molecule has 2 nitrogen and oxygen atoms in total. The van der Waals surface area contributed by atoms with E-state index in [0.29, 0.717) is 6.42 Å². The Morgan fingerprint density at radius 3 is 2.47 bits per heavy atom. The van der Waals surface area contributed by atoms with Gasteiger partial charge in [-0.3, -0.25) is 4.79 Å². The number of nitrogens with one attached hydrogen (secondary N) is 1. The molecule has 1 fully saturated rings. The molecule has 0 aromatic heterocycles. The van der Waals surface area contributed by atoms with Crippen LogP contribution in [0.25, 0.3) is 0 Å². The zero-order chi connectivity index (χ0) is 13.5. The third kappa shape index (κ3) is 4.79. The summed E-state index contributed by atoms with van der Waals surface area (Å²) in [7, 11) is 0. The Balaban J connectivity index is 1.79. The molecular formula is C17H25NO. The van der Waals surface area contributed by atoms with Crippen LogP contribution in [0.3, 0.4) is 0 Å². The van der Waals surface area contributed by atoms with Crippen LogP contribution in [0.5, 0.6) is 0 Å². The third-order valence-electron chi connectivity index (χ3n) is 4.04. The van der Waals surface area contributed by atoms with Crippen molar-refractivity contribution in [3.8, 4) is 0 Å². The molecule has 2 heteroatoms. The van der Waals surface area contributed by atoms with Gasteiger partial charge in [0.05, 0.1) is 0 Å². The van der Waals surface area contributed by atoms with Crippen molar-refractivity contribution in [3.05, 3.63) is 35.4 Å². The molecule has 1 aliphatic rings. The Labute approximate surface area is 116 Å². The topological polar surface area (TPSA) is 29.1 Å². The number of Topliss-reactive ketones (excluding diaryl/α,β-unsaturated/α-hetero) is 1. The molecule has 0 spiro atoms. The lowest BCUT2D eigenvalue weighted by Crippen LogP contribution is -2.16. The molecule has 0 bridgehead atoms. The van der Waals surface area contributed by atoms with Gasteiger partial charge < -0.3 is 5.32 Å². The van der Waals surface area contributed by atoms with Gasteiger partial charge in [0, 0.05) is 19.5 Å². The second kappa shape index (κ2) is 7.44. The molecule has 0 heterocycles. The largest absolute Gasteiger partial charge is 0.312 e. The van der Waals surface area contributed by atoms with Gasteiger partial charge in [-0.2, -0.15) is 0 Å². The average Bonchev–Trinajstić information content (AvgIpc) is 2.45. The summed E-state index contributed by atoms with van der Waals surface area (Å²) in [6.45, 7) is 3.28. The first-order valence-electron chi connectivity index (χ1n) is 7.54. The van der Waals surface area contributed by atoms with Crippen LogP contribution in [0.4, 0.5) is 0 Å². The van der Waals surface area contributed by atoms with Gasteiger partial charge in [0.15, 0.2) is 0 Å². The third-order valence-corrected chi connectivity index (χ3v) is 4.04. The first kappa shape index (κ1) is 14.3. The number of carbonyl (C=O) groups excluding carboxylic acids is 1. The van der Waals surface area contributed by atoms with Crippen molar-refractivity contribution in [1.82, 2.24) is 5.32 Å². The van der Waals surface area contributed by atoms with Crippen molar-refractivity contribution in [2.45, 2.75) is 57.9 Å². The van der Waals surface area contributed by atoms with E-state index in [1.54, 1.807) is 6.92 Å². The fourth-order valence-corrected chi connectivity index (χ4v) is 2.84. The van der Waals surface area contributed by atoms with E-state index in [4.69, 9.17) is 0 Å². The molecule has 0 aliphatic heterocycles. The Morgan fingerprint density at radius 1 is 1.16 bits per heavy atom. The van der Waals surface area contributed by atoms with Crippen molar-refractivity contribution in [1.29, 1.82) is 0 Å². The van der Waals surface area contributed by atoms with Gasteiger partial charge in [-0.05, 0) is 36.8 Å². The van der Waals surface area contributed by atoms with Crippen LogP contribution in [0.2, 0.25) is 0 Å². The van der Waals surface area contributed by atoms with Crippen LogP contribution in [0.15, 0.2) is 24.3 Å². The fraction of sp³-hybridized carbons (Fsp3) is 0.588. The minimum Gasteiger partial charge on any atom is -0.312 e. The highest BCUT2D eigenvalue weighted by Gasteiger charge is 2.14. The van der Waals surface area contributed by atoms with E-state index < -0.39 is 0 Å². The number of hydrogen-bond donors (Lipinski definition) is 1. The predicted molar refractivity (Wildman–Crippen MR) is 79.3 cm³/mol. The molecule has 1 saturated carbocycles. The van der Waals surface area contributed by atoms with Crippen molar-refractivity contribution < 1.29 is 4.79 Å². The molecule has 0 amide bonds. The summed E-state index contributed by atoms with van der Waals surface area (Å²) >= 11 is 0. The summed E-state index contributed by atoms with van der Waals surface area (Å²) in [5.41, 5.74) is 2.82. The molecule has 0 unspecified atom stereocenters. The van der Waals surface area contributed by atoms with Crippen molar-refractivity contribution in [3.63, 3.8) is 0 Å². The maximum absolute atomic E-state index is 10.8. The minimum absolute atomic E-state index is 0.250. The van der Waals surface area contributed by atoms with Crippen LogP contribution in [0.1, 0.15) is 62.5 Å². The fourth-order valence-electron chi connectivity index (χ4n) is 2.84. The zero-order valence-corrected chi connectivity index (χ0v) is 12.0. The molecule has 0 atom stereocenters. The molecule has 1 aliphatic carbocycles. The normalized spacial score (nSPS) is 16.5. The van der Waals surface area contributed by atoms with E-state index in [-0.39, 0.29) is 5.78 Å². The second-order valence-corrected chi connectivity index (χ2v) is 5.71. The zero-order valence-electron chi connectivity index (χ0n) is 12.0. The van der Waals surface area contributed by atoms with Gasteiger partial charge in [0.25, 0.3) is 0 Å². The van der Waals surface area contributed by atoms with E-state index in [1.165, 1.54) is 43.2 Å². The maximum atomic E-state index is 10.8. The second-order valence-electron chi connectivity index (χ2n) is 5.71. The number of ketones is 1. The van der Waals surface area contributed by atoms with E-state index in [1.807, 2.05) is 0 Å². The highest BCUT2D eigenvalue weighted by molar-refractivity contribution is 5.75. The maximum Gasteiger partial charge on any atom is 0.131 e. The molecule has 19 heavy (non-hydrogen) atoms. The van der Waals surface area contributed by atoms with E-state index >= 15 is 0 Å². The van der Waals surface area contributed by atoms with E-state index in [2.05, 4.69) is 29.6 Å². The predicted octanol–water partition coefficient (Wildman–Crippen LogP) is 3.80. The molecule has 0 radical (unpaired) electrons. The Bertz CT molecular complexity index is 390. The van der Waals surface area contributed by atoms with Gasteiger partial charge in [0.1, 0.15) is 5.78 Å². The van der Waals surface area contributed by atoms with Crippen LogP contribution >= 0.6 is 0 Å². The number of hydrogen-bond acceptors (Lipinski definition) is 2. The lowest BCUT2D eigenvalue weighted by molar-refractivity contribution is -0.116. The Morgan fingerprint density at radius 2 is 1.84 bits per heavy atom. The van der Waals surface area contributed by atoms with Crippen LogP contribution < -0.4 is 5.32 Å². The van der Waals surface area contributed by atoms with Crippen LogP contribution in [0, 0.1) is 0 Å². The standard InChI is InChI=1S/C17H25NO/c1-14(19)11-12-18-13-15-7-9-17(10-8-15)16-5-3-2-4-6-16/h7-10,16,18H,2-6,11-13H2,1H3. The minimum atomic E-state index is 0.250. The van der Waals surface area contributed by atoms with Crippen LogP contribution in [-0.2, 0) is 11.3 Å². The summed E-state index contributed by atoms with van der Waals surface area (Å²) in [5.74, 6) is 1.04. The van der Waals surface area contributed by atoms with Crippen molar-refractivity contribution in [2.75, 3.05) is 6.54 Å². The lowest BCUT2D eigenvalue weighted by atomic mass is 9.84. The molecule has 1 aromatic rings. The summed E-state index contributed by atoms with van der Waals surface area (Å²) in [6, 6.07) is 9.03. The van der Waals surface area contributed by atoms with E-state index in [9.17, 15) is 4.79 Å². The Hall–Kier alpha value is -1.15. The summed E-state index contributed by atoms with van der Waals surface area (Å²) in [5, 5.41) is 3.31. The van der Waals surface area contributed by atoms with E-state index in [0.717, 1.165) is 19.0 Å².